The Morgan fingerprint density at radius 2 is 1.79 bits per heavy atom. The summed E-state index contributed by atoms with van der Waals surface area (Å²) in [7, 11) is 1.51. The molecule has 3 aromatic rings. The Balaban J connectivity index is 1.91. The van der Waals surface area contributed by atoms with Crippen LogP contribution in [0.4, 0.5) is 5.69 Å². The van der Waals surface area contributed by atoms with E-state index in [-0.39, 0.29) is 12.5 Å². The highest BCUT2D eigenvalue weighted by Crippen LogP contribution is 2.28. The zero-order chi connectivity index (χ0) is 24.8. The number of amides is 1. The van der Waals surface area contributed by atoms with Gasteiger partial charge in [-0.3, -0.25) is 9.59 Å². The van der Waals surface area contributed by atoms with Crippen molar-refractivity contribution in [2.75, 3.05) is 19.2 Å². The largest absolute Gasteiger partial charge is 0.467 e. The summed E-state index contributed by atoms with van der Waals surface area (Å²) in [5.74, 6) is -0.0217. The Morgan fingerprint density at radius 1 is 1.06 bits per heavy atom. The fourth-order valence-electron chi connectivity index (χ4n) is 3.31. The summed E-state index contributed by atoms with van der Waals surface area (Å²) in [6.45, 7) is 7.06. The van der Waals surface area contributed by atoms with Gasteiger partial charge in [-0.15, -0.1) is 0 Å². The van der Waals surface area contributed by atoms with E-state index in [0.29, 0.717) is 45.6 Å². The Bertz CT molecular complexity index is 1320. The molecular formula is C26H27NO7. The molecule has 2 aromatic carbocycles. The topological polar surface area (TPSA) is 104 Å². The fourth-order valence-corrected chi connectivity index (χ4v) is 3.31. The smallest absolute Gasteiger partial charge is 0.360 e. The number of carbonyl (C=O) groups is 2. The van der Waals surface area contributed by atoms with Gasteiger partial charge in [-0.25, -0.2) is 4.79 Å². The first-order chi connectivity index (χ1) is 16.2. The highest BCUT2D eigenvalue weighted by Gasteiger charge is 2.16. The number of methoxy groups -OCH3 is 1. The van der Waals surface area contributed by atoms with Crippen LogP contribution in [0, 0.1) is 6.92 Å². The first-order valence-electron chi connectivity index (χ1n) is 10.6. The lowest BCUT2D eigenvalue weighted by molar-refractivity contribution is -0.131. The normalized spacial score (nSPS) is 10.6. The van der Waals surface area contributed by atoms with Crippen LogP contribution >= 0.6 is 0 Å². The number of carbonyl (C=O) groups excluding carboxylic acids is 2. The van der Waals surface area contributed by atoms with Crippen molar-refractivity contribution in [2.24, 2.45) is 0 Å². The maximum absolute atomic E-state index is 12.9. The highest BCUT2D eigenvalue weighted by atomic mass is 16.7. The van der Waals surface area contributed by atoms with Gasteiger partial charge in [-0.2, -0.15) is 0 Å². The standard InChI is InChI=1S/C26H27NO7/c1-15(2)6-7-18-12-20(9-11-23(18)33-17(4)28)25(29)27-21-13-19-8-10-22(32-14-31-5)16(3)24(19)34-26(21)30/h6,8-13H,7,14H2,1-5H3,(H,27,29). The Morgan fingerprint density at radius 3 is 2.47 bits per heavy atom. The van der Waals surface area contributed by atoms with Crippen molar-refractivity contribution in [1.29, 1.82) is 0 Å². The molecule has 0 aliphatic rings. The van der Waals surface area contributed by atoms with Gasteiger partial charge in [0, 0.05) is 30.5 Å². The number of anilines is 1. The van der Waals surface area contributed by atoms with Gasteiger partial charge in [0.1, 0.15) is 22.8 Å². The number of aryl methyl sites for hydroxylation is 1. The van der Waals surface area contributed by atoms with E-state index in [0.717, 1.165) is 5.57 Å². The van der Waals surface area contributed by atoms with E-state index in [9.17, 15) is 14.4 Å². The predicted octanol–water partition coefficient (Wildman–Crippen LogP) is 4.77. The predicted molar refractivity (Wildman–Crippen MR) is 129 cm³/mol. The number of fused-ring (bicyclic) bond motifs is 1. The number of benzene rings is 2. The van der Waals surface area contributed by atoms with Crippen molar-refractivity contribution in [3.63, 3.8) is 0 Å². The summed E-state index contributed by atoms with van der Waals surface area (Å²) < 4.78 is 21.1. The average molecular weight is 466 g/mol. The monoisotopic (exact) mass is 465 g/mol. The minimum Gasteiger partial charge on any atom is -0.467 e. The van der Waals surface area contributed by atoms with Crippen LogP contribution in [0.3, 0.4) is 0 Å². The molecule has 1 heterocycles. The van der Waals surface area contributed by atoms with Crippen LogP contribution in [0.1, 0.15) is 42.3 Å². The molecule has 0 saturated carbocycles. The fraction of sp³-hybridized carbons (Fsp3) is 0.269. The second-order valence-electron chi connectivity index (χ2n) is 7.96. The van der Waals surface area contributed by atoms with Crippen LogP contribution in [0.2, 0.25) is 0 Å². The molecule has 0 bridgehead atoms. The summed E-state index contributed by atoms with van der Waals surface area (Å²) in [4.78, 5) is 36.9. The first-order valence-corrected chi connectivity index (χ1v) is 10.6. The molecule has 178 valence electrons. The number of esters is 1. The number of nitrogens with one attached hydrogen (secondary N) is 1. The zero-order valence-corrected chi connectivity index (χ0v) is 19.8. The molecule has 0 unspecified atom stereocenters. The molecule has 1 amide bonds. The molecule has 8 nitrogen and oxygen atoms in total. The molecule has 8 heteroatoms. The molecule has 0 fully saturated rings. The summed E-state index contributed by atoms with van der Waals surface area (Å²) in [6.07, 6.45) is 2.45. The average Bonchev–Trinajstić information content (AvgIpc) is 2.78. The quantitative estimate of drug-likeness (QED) is 0.168. The van der Waals surface area contributed by atoms with Crippen molar-refractivity contribution in [3.8, 4) is 11.5 Å². The van der Waals surface area contributed by atoms with E-state index in [2.05, 4.69) is 5.32 Å². The molecule has 0 radical (unpaired) electrons. The lowest BCUT2D eigenvalue weighted by Crippen LogP contribution is -2.18. The van der Waals surface area contributed by atoms with Crippen LogP contribution in [-0.2, 0) is 16.0 Å². The first kappa shape index (κ1) is 24.7. The Kier molecular flexibility index (Phi) is 7.86. The van der Waals surface area contributed by atoms with Crippen LogP contribution in [-0.4, -0.2) is 25.8 Å². The summed E-state index contributed by atoms with van der Waals surface area (Å²) in [5.41, 5.74) is 2.41. The molecular weight excluding hydrogens is 438 g/mol. The van der Waals surface area contributed by atoms with Gasteiger partial charge >= 0.3 is 11.6 Å². The van der Waals surface area contributed by atoms with Crippen LogP contribution in [0.15, 0.2) is 57.3 Å². The number of hydrogen-bond acceptors (Lipinski definition) is 7. The van der Waals surface area contributed by atoms with Crippen LogP contribution in [0.25, 0.3) is 11.0 Å². The maximum atomic E-state index is 12.9. The lowest BCUT2D eigenvalue weighted by Gasteiger charge is -2.12. The third-order valence-electron chi connectivity index (χ3n) is 4.99. The minimum absolute atomic E-state index is 0.0115. The third kappa shape index (κ3) is 5.90. The van der Waals surface area contributed by atoms with E-state index in [1.807, 2.05) is 19.9 Å². The molecule has 0 spiro atoms. The molecule has 0 aliphatic carbocycles. The minimum atomic E-state index is -0.686. The van der Waals surface area contributed by atoms with Crippen molar-refractivity contribution in [2.45, 2.75) is 34.1 Å². The molecule has 3 rings (SSSR count). The second kappa shape index (κ2) is 10.8. The summed E-state index contributed by atoms with van der Waals surface area (Å²) in [6, 6.07) is 9.77. The molecule has 1 aromatic heterocycles. The van der Waals surface area contributed by atoms with Crippen LogP contribution < -0.4 is 20.4 Å². The van der Waals surface area contributed by atoms with E-state index >= 15 is 0 Å². The van der Waals surface area contributed by atoms with Crippen molar-refractivity contribution in [3.05, 3.63) is 75.2 Å². The van der Waals surface area contributed by atoms with Gasteiger partial charge in [-0.05, 0) is 69.2 Å². The van der Waals surface area contributed by atoms with Gasteiger partial charge in [0.25, 0.3) is 5.91 Å². The molecule has 0 atom stereocenters. The van der Waals surface area contributed by atoms with Crippen molar-refractivity contribution in [1.82, 2.24) is 0 Å². The molecule has 34 heavy (non-hydrogen) atoms. The maximum Gasteiger partial charge on any atom is 0.360 e. The van der Waals surface area contributed by atoms with Gasteiger partial charge in [0.2, 0.25) is 0 Å². The second-order valence-corrected chi connectivity index (χ2v) is 7.96. The van der Waals surface area contributed by atoms with Crippen molar-refractivity contribution >= 4 is 28.5 Å². The molecule has 0 aliphatic heterocycles. The number of allylic oxidation sites excluding steroid dienone is 2. The van der Waals surface area contributed by atoms with Gasteiger partial charge in [0.15, 0.2) is 6.79 Å². The van der Waals surface area contributed by atoms with Crippen LogP contribution in [0.5, 0.6) is 11.5 Å². The van der Waals surface area contributed by atoms with E-state index in [1.54, 1.807) is 37.3 Å². The van der Waals surface area contributed by atoms with Crippen molar-refractivity contribution < 1.29 is 28.2 Å². The summed E-state index contributed by atoms with van der Waals surface area (Å²) in [5, 5.41) is 3.25. The van der Waals surface area contributed by atoms with Gasteiger partial charge < -0.3 is 23.9 Å². The van der Waals surface area contributed by atoms with Gasteiger partial charge in [-0.1, -0.05) is 11.6 Å². The summed E-state index contributed by atoms with van der Waals surface area (Å²) >= 11 is 0. The van der Waals surface area contributed by atoms with Gasteiger partial charge in [0.05, 0.1) is 0 Å². The Labute approximate surface area is 197 Å². The zero-order valence-electron chi connectivity index (χ0n) is 19.8. The number of rotatable bonds is 8. The lowest BCUT2D eigenvalue weighted by atomic mass is 10.0. The molecule has 0 saturated heterocycles. The number of ether oxygens (including phenoxy) is 3. The van der Waals surface area contributed by atoms with E-state index in [1.165, 1.54) is 20.1 Å². The highest BCUT2D eigenvalue weighted by molar-refractivity contribution is 6.05. The number of hydrogen-bond donors (Lipinski definition) is 1. The SMILES string of the molecule is COCOc1ccc2cc(NC(=O)c3ccc(OC(C)=O)c(CC=C(C)C)c3)c(=O)oc2c1C. The third-order valence-corrected chi connectivity index (χ3v) is 4.99. The van der Waals surface area contributed by atoms with E-state index < -0.39 is 17.5 Å². The molecule has 1 N–H and O–H groups in total. The Hall–Kier alpha value is -3.91. The van der Waals surface area contributed by atoms with E-state index in [4.69, 9.17) is 18.6 Å².